The molecule has 0 aliphatic carbocycles. The molecule has 16 heavy (non-hydrogen) atoms. The lowest BCUT2D eigenvalue weighted by Gasteiger charge is -2.26. The lowest BCUT2D eigenvalue weighted by atomic mass is 9.94. The van der Waals surface area contributed by atoms with Crippen LogP contribution in [-0.2, 0) is 4.74 Å². The van der Waals surface area contributed by atoms with Crippen LogP contribution in [0.15, 0.2) is 30.3 Å². The Labute approximate surface area is 96.0 Å². The first-order valence-electron chi connectivity index (χ1n) is 5.80. The summed E-state index contributed by atoms with van der Waals surface area (Å²) in [7, 11) is 0. The molecule has 0 radical (unpaired) electrons. The third-order valence-electron chi connectivity index (χ3n) is 2.97. The quantitative estimate of drug-likeness (QED) is 0.845. The lowest BCUT2D eigenvalue weighted by molar-refractivity contribution is -0.0101. The van der Waals surface area contributed by atoms with E-state index in [-0.39, 0.29) is 6.10 Å². The summed E-state index contributed by atoms with van der Waals surface area (Å²) in [6, 6.07) is 9.60. The van der Waals surface area contributed by atoms with Gasteiger partial charge in [-0.15, -0.1) is 0 Å². The van der Waals surface area contributed by atoms with Gasteiger partial charge in [-0.25, -0.2) is 0 Å². The van der Waals surface area contributed by atoms with Crippen LogP contribution in [0.3, 0.4) is 0 Å². The molecule has 1 aliphatic heterocycles. The van der Waals surface area contributed by atoms with Crippen LogP contribution in [0.4, 0.5) is 0 Å². The van der Waals surface area contributed by atoms with Crippen molar-refractivity contribution in [2.24, 2.45) is 5.92 Å². The molecule has 0 saturated carbocycles. The highest BCUT2D eigenvalue weighted by Crippen LogP contribution is 2.19. The van der Waals surface area contributed by atoms with Gasteiger partial charge < -0.3 is 14.6 Å². The Morgan fingerprint density at radius 2 is 1.94 bits per heavy atom. The molecule has 1 heterocycles. The molecular weight excluding hydrogens is 204 g/mol. The summed E-state index contributed by atoms with van der Waals surface area (Å²) in [5.41, 5.74) is 0. The van der Waals surface area contributed by atoms with E-state index in [1.54, 1.807) is 0 Å². The normalized spacial score (nSPS) is 19.3. The van der Waals surface area contributed by atoms with Gasteiger partial charge in [-0.1, -0.05) is 18.2 Å². The summed E-state index contributed by atoms with van der Waals surface area (Å²) in [5.74, 6) is 1.13. The van der Waals surface area contributed by atoms with Gasteiger partial charge in [0.1, 0.15) is 12.4 Å². The highest BCUT2D eigenvalue weighted by Gasteiger charge is 2.22. The van der Waals surface area contributed by atoms with E-state index in [4.69, 9.17) is 9.47 Å². The monoisotopic (exact) mass is 222 g/mol. The van der Waals surface area contributed by atoms with E-state index in [1.165, 1.54) is 0 Å². The van der Waals surface area contributed by atoms with Crippen molar-refractivity contribution in [3.63, 3.8) is 0 Å². The molecule has 0 aromatic heterocycles. The van der Waals surface area contributed by atoms with Crippen molar-refractivity contribution in [1.29, 1.82) is 0 Å². The fourth-order valence-corrected chi connectivity index (χ4v) is 1.93. The van der Waals surface area contributed by atoms with Crippen molar-refractivity contribution in [3.8, 4) is 5.75 Å². The number of ether oxygens (including phenoxy) is 2. The third kappa shape index (κ3) is 3.22. The molecule has 1 aromatic rings. The van der Waals surface area contributed by atoms with Gasteiger partial charge in [0.05, 0.1) is 6.10 Å². The molecule has 1 atom stereocenters. The molecule has 0 bridgehead atoms. The number of para-hydroxylation sites is 1. The number of aliphatic hydroxyl groups excluding tert-OH is 1. The second-order valence-electron chi connectivity index (χ2n) is 4.14. The third-order valence-corrected chi connectivity index (χ3v) is 2.97. The van der Waals surface area contributed by atoms with Crippen molar-refractivity contribution >= 4 is 0 Å². The van der Waals surface area contributed by atoms with Crippen molar-refractivity contribution in [2.75, 3.05) is 19.8 Å². The predicted octanol–water partition coefficient (Wildman–Crippen LogP) is 1.85. The number of benzene rings is 1. The first-order valence-corrected chi connectivity index (χ1v) is 5.80. The molecule has 88 valence electrons. The topological polar surface area (TPSA) is 38.7 Å². The first kappa shape index (κ1) is 11.4. The molecule has 3 nitrogen and oxygen atoms in total. The predicted molar refractivity (Wildman–Crippen MR) is 61.5 cm³/mol. The van der Waals surface area contributed by atoms with Crippen molar-refractivity contribution in [1.82, 2.24) is 0 Å². The Morgan fingerprint density at radius 1 is 1.25 bits per heavy atom. The van der Waals surface area contributed by atoms with Crippen molar-refractivity contribution < 1.29 is 14.6 Å². The summed E-state index contributed by atoms with van der Waals surface area (Å²) in [4.78, 5) is 0. The van der Waals surface area contributed by atoms with Crippen molar-refractivity contribution in [3.05, 3.63) is 30.3 Å². The number of rotatable bonds is 4. The molecule has 0 amide bonds. The summed E-state index contributed by atoms with van der Waals surface area (Å²) in [5, 5.41) is 9.95. The Kier molecular flexibility index (Phi) is 4.19. The average Bonchev–Trinajstić information content (AvgIpc) is 2.38. The summed E-state index contributed by atoms with van der Waals surface area (Å²) in [6.07, 6.45) is 1.47. The van der Waals surface area contributed by atoms with E-state index in [2.05, 4.69) is 0 Å². The zero-order valence-corrected chi connectivity index (χ0v) is 9.34. The second-order valence-corrected chi connectivity index (χ2v) is 4.14. The molecule has 0 spiro atoms. The molecule has 1 unspecified atom stereocenters. The average molecular weight is 222 g/mol. The fraction of sp³-hybridized carbons (Fsp3) is 0.538. The van der Waals surface area contributed by atoms with Gasteiger partial charge in [0.25, 0.3) is 0 Å². The number of aliphatic hydroxyl groups is 1. The highest BCUT2D eigenvalue weighted by molar-refractivity contribution is 5.20. The maximum atomic E-state index is 9.95. The van der Waals surface area contributed by atoms with E-state index >= 15 is 0 Å². The number of hydrogen-bond donors (Lipinski definition) is 1. The summed E-state index contributed by atoms with van der Waals surface area (Å²) < 4.78 is 10.8. The SMILES string of the molecule is OC(COc1ccccc1)C1CCOCC1. The Hall–Kier alpha value is -1.06. The standard InChI is InChI=1S/C13H18O3/c14-13(11-6-8-15-9-7-11)10-16-12-4-2-1-3-5-12/h1-5,11,13-14H,6-10H2. The van der Waals surface area contributed by atoms with Crippen LogP contribution in [0.2, 0.25) is 0 Å². The zero-order chi connectivity index (χ0) is 11.2. The molecule has 1 N–H and O–H groups in total. The lowest BCUT2D eigenvalue weighted by Crippen LogP contribution is -2.31. The zero-order valence-electron chi connectivity index (χ0n) is 9.34. The van der Waals surface area contributed by atoms with Crippen LogP contribution < -0.4 is 4.74 Å². The second kappa shape index (κ2) is 5.87. The Bertz CT molecular complexity index is 293. The maximum Gasteiger partial charge on any atom is 0.119 e. The minimum Gasteiger partial charge on any atom is -0.491 e. The number of hydrogen-bond acceptors (Lipinski definition) is 3. The minimum absolute atomic E-state index is 0.317. The van der Waals surface area contributed by atoms with Crippen LogP contribution >= 0.6 is 0 Å². The van der Waals surface area contributed by atoms with Gasteiger partial charge in [-0.05, 0) is 30.9 Å². The molecule has 1 aliphatic rings. The Balaban J connectivity index is 1.76. The van der Waals surface area contributed by atoms with E-state index in [0.29, 0.717) is 12.5 Å². The molecule has 1 fully saturated rings. The van der Waals surface area contributed by atoms with Crippen LogP contribution in [0.5, 0.6) is 5.75 Å². The maximum absolute atomic E-state index is 9.95. The van der Waals surface area contributed by atoms with Crippen molar-refractivity contribution in [2.45, 2.75) is 18.9 Å². The molecule has 2 rings (SSSR count). The van der Waals surface area contributed by atoms with Crippen LogP contribution in [0.1, 0.15) is 12.8 Å². The summed E-state index contributed by atoms with van der Waals surface area (Å²) >= 11 is 0. The molecule has 3 heteroatoms. The van der Waals surface area contributed by atoms with Gasteiger partial charge in [0, 0.05) is 13.2 Å². The largest absolute Gasteiger partial charge is 0.491 e. The van der Waals surface area contributed by atoms with Crippen LogP contribution in [-0.4, -0.2) is 31.0 Å². The molecule has 1 aromatic carbocycles. The smallest absolute Gasteiger partial charge is 0.119 e. The van der Waals surface area contributed by atoms with Gasteiger partial charge in [0.2, 0.25) is 0 Å². The van der Waals surface area contributed by atoms with Crippen LogP contribution in [0.25, 0.3) is 0 Å². The fourth-order valence-electron chi connectivity index (χ4n) is 1.93. The van der Waals surface area contributed by atoms with Gasteiger partial charge in [-0.3, -0.25) is 0 Å². The van der Waals surface area contributed by atoms with Gasteiger partial charge in [0.15, 0.2) is 0 Å². The molecular formula is C13H18O3. The summed E-state index contributed by atoms with van der Waals surface area (Å²) in [6.45, 7) is 1.88. The highest BCUT2D eigenvalue weighted by atomic mass is 16.5. The van der Waals surface area contributed by atoms with E-state index in [1.807, 2.05) is 30.3 Å². The minimum atomic E-state index is -0.385. The van der Waals surface area contributed by atoms with Crippen LogP contribution in [0, 0.1) is 5.92 Å². The molecule has 1 saturated heterocycles. The Morgan fingerprint density at radius 3 is 2.62 bits per heavy atom. The first-order chi connectivity index (χ1) is 7.86. The van der Waals surface area contributed by atoms with E-state index in [0.717, 1.165) is 31.8 Å². The van der Waals surface area contributed by atoms with Gasteiger partial charge in [-0.2, -0.15) is 0 Å². The van der Waals surface area contributed by atoms with E-state index < -0.39 is 0 Å². The van der Waals surface area contributed by atoms with E-state index in [9.17, 15) is 5.11 Å². The van der Waals surface area contributed by atoms with Gasteiger partial charge >= 0.3 is 0 Å².